The zero-order chi connectivity index (χ0) is 16.6. The molecule has 7 heteroatoms. The molecule has 0 aliphatic carbocycles. The number of hydrogen-bond acceptors (Lipinski definition) is 5. The molecule has 124 valence electrons. The van der Waals surface area contributed by atoms with Crippen molar-refractivity contribution in [1.82, 2.24) is 0 Å². The van der Waals surface area contributed by atoms with E-state index in [1.807, 2.05) is 13.8 Å². The number of Topliss-reactive ketones (excluding diaryl/α,β-unsaturated/α-hetero) is 1. The Morgan fingerprint density at radius 1 is 1.23 bits per heavy atom. The summed E-state index contributed by atoms with van der Waals surface area (Å²) in [6.45, 7) is 5.48. The molecule has 0 amide bonds. The Bertz CT molecular complexity index is 560. The van der Waals surface area contributed by atoms with Crippen LogP contribution in [0.25, 0.3) is 0 Å². The van der Waals surface area contributed by atoms with E-state index in [-0.39, 0.29) is 4.90 Å². The van der Waals surface area contributed by atoms with Crippen molar-refractivity contribution in [2.75, 3.05) is 30.5 Å². The number of rotatable bonds is 4. The fourth-order valence-corrected chi connectivity index (χ4v) is 4.07. The standard InChI is InChI=1S/C8H15O2S.C7H8O3S/c1-2-8(9)7-11-5-3-10-4-6-11;1-6-2-4-7(5-3-6)11(8,9)10/h2-7H2,1H3;2-5H,1H3,(H,8,9,10)/q+1;/p-1. The summed E-state index contributed by atoms with van der Waals surface area (Å²) < 4.78 is 36.4. The van der Waals surface area contributed by atoms with E-state index in [0.717, 1.165) is 36.0 Å². The van der Waals surface area contributed by atoms with Gasteiger partial charge in [0.1, 0.15) is 21.6 Å². The van der Waals surface area contributed by atoms with Crippen LogP contribution in [0.5, 0.6) is 0 Å². The number of aryl methyl sites for hydroxylation is 1. The molecule has 0 atom stereocenters. The predicted octanol–water partition coefficient (Wildman–Crippen LogP) is 1.51. The summed E-state index contributed by atoms with van der Waals surface area (Å²) in [5, 5.41) is 0. The van der Waals surface area contributed by atoms with Crippen LogP contribution in [-0.4, -0.2) is 49.2 Å². The monoisotopic (exact) mass is 346 g/mol. The molecule has 1 fully saturated rings. The maximum Gasteiger partial charge on any atom is 0.181 e. The average Bonchev–Trinajstić information content (AvgIpc) is 2.48. The third-order valence-corrected chi connectivity index (χ3v) is 6.17. The first-order valence-corrected chi connectivity index (χ1v) is 10.2. The Hall–Kier alpha value is -0.890. The molecule has 0 spiro atoms. The van der Waals surface area contributed by atoms with Gasteiger partial charge in [0.05, 0.1) is 18.1 Å². The molecule has 1 aromatic carbocycles. The summed E-state index contributed by atoms with van der Waals surface area (Å²) in [6, 6.07) is 5.78. The SMILES string of the molecule is CCC(=O)C[S+]1CCOCC1.Cc1ccc(S(=O)(=O)[O-])cc1. The van der Waals surface area contributed by atoms with Crippen LogP contribution in [-0.2, 0) is 30.5 Å². The quantitative estimate of drug-likeness (QED) is 0.609. The maximum absolute atomic E-state index is 11.0. The van der Waals surface area contributed by atoms with Gasteiger partial charge in [-0.05, 0) is 30.0 Å². The first-order chi connectivity index (χ1) is 10.3. The molecule has 1 saturated heterocycles. The lowest BCUT2D eigenvalue weighted by atomic mass is 10.2. The van der Waals surface area contributed by atoms with Crippen molar-refractivity contribution >= 4 is 26.8 Å². The largest absolute Gasteiger partial charge is 0.744 e. The van der Waals surface area contributed by atoms with Crippen LogP contribution in [0.1, 0.15) is 18.9 Å². The van der Waals surface area contributed by atoms with Gasteiger partial charge in [0.25, 0.3) is 0 Å². The summed E-state index contributed by atoms with van der Waals surface area (Å²) >= 11 is 0. The van der Waals surface area contributed by atoms with Gasteiger partial charge in [-0.2, -0.15) is 0 Å². The third kappa shape index (κ3) is 7.40. The van der Waals surface area contributed by atoms with Crippen LogP contribution < -0.4 is 0 Å². The van der Waals surface area contributed by atoms with Gasteiger partial charge in [0, 0.05) is 6.42 Å². The normalized spacial score (nSPS) is 15.8. The van der Waals surface area contributed by atoms with E-state index >= 15 is 0 Å². The van der Waals surface area contributed by atoms with Gasteiger partial charge >= 0.3 is 0 Å². The molecule has 1 aliphatic rings. The van der Waals surface area contributed by atoms with Crippen LogP contribution in [0.2, 0.25) is 0 Å². The first-order valence-electron chi connectivity index (χ1n) is 7.09. The minimum absolute atomic E-state index is 0.178. The second-order valence-corrected chi connectivity index (χ2v) is 8.65. The Morgan fingerprint density at radius 2 is 1.77 bits per heavy atom. The molecule has 0 saturated carbocycles. The van der Waals surface area contributed by atoms with Gasteiger partial charge in [0.2, 0.25) is 0 Å². The number of carbonyl (C=O) groups is 1. The number of carbonyl (C=O) groups excluding carboxylic acids is 1. The zero-order valence-electron chi connectivity index (χ0n) is 12.9. The Labute approximate surface area is 135 Å². The Morgan fingerprint density at radius 3 is 2.23 bits per heavy atom. The second-order valence-electron chi connectivity index (χ2n) is 4.94. The van der Waals surface area contributed by atoms with Crippen molar-refractivity contribution in [3.05, 3.63) is 29.8 Å². The lowest BCUT2D eigenvalue weighted by molar-refractivity contribution is -0.116. The molecule has 5 nitrogen and oxygen atoms in total. The lowest BCUT2D eigenvalue weighted by Crippen LogP contribution is -2.31. The van der Waals surface area contributed by atoms with Gasteiger partial charge in [-0.15, -0.1) is 0 Å². The van der Waals surface area contributed by atoms with Crippen LogP contribution in [0.15, 0.2) is 29.2 Å². The molecular weight excluding hydrogens is 324 g/mol. The fraction of sp³-hybridized carbons (Fsp3) is 0.533. The molecule has 1 aliphatic heterocycles. The van der Waals surface area contributed by atoms with Gasteiger partial charge < -0.3 is 9.29 Å². The molecule has 2 rings (SSSR count). The van der Waals surface area contributed by atoms with E-state index in [9.17, 15) is 17.8 Å². The highest BCUT2D eigenvalue weighted by Crippen LogP contribution is 2.08. The van der Waals surface area contributed by atoms with E-state index in [4.69, 9.17) is 4.74 Å². The molecule has 22 heavy (non-hydrogen) atoms. The summed E-state index contributed by atoms with van der Waals surface area (Å²) in [4.78, 5) is 10.9. The van der Waals surface area contributed by atoms with E-state index in [1.165, 1.54) is 12.1 Å². The molecule has 1 aromatic rings. The summed E-state index contributed by atoms with van der Waals surface area (Å²) in [6.07, 6.45) is 0.699. The molecule has 0 N–H and O–H groups in total. The van der Waals surface area contributed by atoms with E-state index < -0.39 is 10.1 Å². The number of ether oxygens (including phenoxy) is 1. The first kappa shape index (κ1) is 19.2. The molecule has 0 bridgehead atoms. The van der Waals surface area contributed by atoms with E-state index in [0.29, 0.717) is 23.1 Å². The van der Waals surface area contributed by atoms with Crippen LogP contribution >= 0.6 is 0 Å². The molecular formula is C15H22O5S2. The molecule has 0 radical (unpaired) electrons. The van der Waals surface area contributed by atoms with Gasteiger partial charge in [-0.1, -0.05) is 24.6 Å². The van der Waals surface area contributed by atoms with Crippen molar-refractivity contribution in [2.45, 2.75) is 25.2 Å². The van der Waals surface area contributed by atoms with Crippen molar-refractivity contribution in [3.8, 4) is 0 Å². The van der Waals surface area contributed by atoms with Gasteiger partial charge in [0.15, 0.2) is 11.5 Å². The van der Waals surface area contributed by atoms with Gasteiger partial charge in [-0.3, -0.25) is 4.79 Å². The minimum Gasteiger partial charge on any atom is -0.744 e. The van der Waals surface area contributed by atoms with Crippen molar-refractivity contribution in [2.24, 2.45) is 0 Å². The molecule has 0 aromatic heterocycles. The summed E-state index contributed by atoms with van der Waals surface area (Å²) in [5.41, 5.74) is 0.928. The molecule has 1 heterocycles. The van der Waals surface area contributed by atoms with Crippen molar-refractivity contribution in [3.63, 3.8) is 0 Å². The van der Waals surface area contributed by atoms with E-state index in [1.54, 1.807) is 12.1 Å². The third-order valence-electron chi connectivity index (χ3n) is 3.10. The topological polar surface area (TPSA) is 83.5 Å². The Kier molecular flexibility index (Phi) is 8.09. The van der Waals surface area contributed by atoms with Gasteiger partial charge in [-0.25, -0.2) is 8.42 Å². The molecule has 0 unspecified atom stereocenters. The number of ketones is 1. The minimum atomic E-state index is -4.27. The summed E-state index contributed by atoms with van der Waals surface area (Å²) in [5.74, 6) is 3.42. The summed E-state index contributed by atoms with van der Waals surface area (Å²) in [7, 11) is -3.92. The number of benzene rings is 1. The van der Waals surface area contributed by atoms with Crippen LogP contribution in [0.4, 0.5) is 0 Å². The predicted molar refractivity (Wildman–Crippen MR) is 87.2 cm³/mol. The highest BCUT2D eigenvalue weighted by molar-refractivity contribution is 7.97. The Balaban J connectivity index is 0.000000220. The van der Waals surface area contributed by atoms with Crippen LogP contribution in [0, 0.1) is 6.92 Å². The zero-order valence-corrected chi connectivity index (χ0v) is 14.5. The highest BCUT2D eigenvalue weighted by Gasteiger charge is 2.24. The lowest BCUT2D eigenvalue weighted by Gasteiger charge is -2.13. The van der Waals surface area contributed by atoms with E-state index in [2.05, 4.69) is 0 Å². The van der Waals surface area contributed by atoms with Crippen molar-refractivity contribution in [1.29, 1.82) is 0 Å². The highest BCUT2D eigenvalue weighted by atomic mass is 32.2. The van der Waals surface area contributed by atoms with Crippen molar-refractivity contribution < 1.29 is 22.5 Å². The van der Waals surface area contributed by atoms with Crippen LogP contribution in [0.3, 0.4) is 0 Å². The fourth-order valence-electron chi connectivity index (χ4n) is 1.74. The maximum atomic E-state index is 11.0. The smallest absolute Gasteiger partial charge is 0.181 e. The second kappa shape index (κ2) is 9.29. The average molecular weight is 346 g/mol. The number of hydrogen-bond donors (Lipinski definition) is 0.